The van der Waals surface area contributed by atoms with Gasteiger partial charge >= 0.3 is 0 Å². The highest BCUT2D eigenvalue weighted by atomic mass is 35.5. The van der Waals surface area contributed by atoms with Gasteiger partial charge in [-0.2, -0.15) is 17.9 Å². The monoisotopic (exact) mass is 475 g/mol. The molecule has 4 rings (SSSR count). The zero-order valence-electron chi connectivity index (χ0n) is 16.4. The molecule has 1 N–H and O–H groups in total. The molecule has 32 heavy (non-hydrogen) atoms. The highest BCUT2D eigenvalue weighted by molar-refractivity contribution is 7.89. The van der Waals surface area contributed by atoms with E-state index < -0.39 is 34.1 Å². The Morgan fingerprint density at radius 3 is 2.44 bits per heavy atom. The molecule has 6 nitrogen and oxygen atoms in total. The minimum absolute atomic E-state index is 0.0433. The number of fused-ring (bicyclic) bond motifs is 1. The van der Waals surface area contributed by atoms with Gasteiger partial charge in [0.25, 0.3) is 10.0 Å². The Kier molecular flexibility index (Phi) is 5.94. The molecule has 3 aromatic carbocycles. The van der Waals surface area contributed by atoms with Crippen molar-refractivity contribution in [2.45, 2.75) is 11.4 Å². The van der Waals surface area contributed by atoms with E-state index in [9.17, 15) is 22.0 Å². The van der Waals surface area contributed by atoms with E-state index in [0.29, 0.717) is 9.98 Å². The Labute approximate surface area is 188 Å². The summed E-state index contributed by atoms with van der Waals surface area (Å²) in [6, 6.07) is 15.4. The molecule has 0 aliphatic carbocycles. The van der Waals surface area contributed by atoms with Gasteiger partial charge in [-0.15, -0.1) is 0 Å². The summed E-state index contributed by atoms with van der Waals surface area (Å²) in [4.78, 5) is 12.3. The van der Waals surface area contributed by atoms with Gasteiger partial charge in [-0.25, -0.2) is 8.78 Å². The lowest BCUT2D eigenvalue weighted by atomic mass is 10.0. The first kappa shape index (κ1) is 21.9. The third kappa shape index (κ3) is 4.35. The number of nitrogens with one attached hydrogen (secondary N) is 1. The second kappa shape index (κ2) is 8.68. The molecule has 1 aliphatic heterocycles. The van der Waals surface area contributed by atoms with Crippen LogP contribution in [0.3, 0.4) is 0 Å². The first-order chi connectivity index (χ1) is 15.3. The summed E-state index contributed by atoms with van der Waals surface area (Å²) < 4.78 is 54.3. The number of hydrogen-bond donors (Lipinski definition) is 1. The third-order valence-electron chi connectivity index (χ3n) is 4.77. The maximum absolute atomic E-state index is 14.5. The average molecular weight is 476 g/mol. The van der Waals surface area contributed by atoms with Gasteiger partial charge in [0.15, 0.2) is 0 Å². The van der Waals surface area contributed by atoms with E-state index in [0.717, 1.165) is 0 Å². The average Bonchev–Trinajstić information content (AvgIpc) is 2.76. The number of carbonyl (C=O) groups excluding carboxylic acids is 1. The van der Waals surface area contributed by atoms with Crippen LogP contribution in [0.25, 0.3) is 0 Å². The fraction of sp³-hybridized carbons (Fsp3) is 0.0909. The van der Waals surface area contributed by atoms with Crippen molar-refractivity contribution in [2.75, 3.05) is 6.54 Å². The highest BCUT2D eigenvalue weighted by Gasteiger charge is 2.35. The van der Waals surface area contributed by atoms with Gasteiger partial charge in [0.1, 0.15) is 23.9 Å². The zero-order chi connectivity index (χ0) is 22.9. The SMILES string of the molecule is O=C(CN1N=C(c2ccccc2F)c2cc(Cl)ccc2S1(=O)=O)NCc1ccc(F)cc1. The fourth-order valence-corrected chi connectivity index (χ4v) is 4.75. The van der Waals surface area contributed by atoms with E-state index in [4.69, 9.17) is 11.6 Å². The first-order valence-electron chi connectivity index (χ1n) is 9.43. The Bertz CT molecular complexity index is 1330. The minimum Gasteiger partial charge on any atom is -0.350 e. The van der Waals surface area contributed by atoms with E-state index in [-0.39, 0.29) is 33.3 Å². The normalized spacial score (nSPS) is 14.5. The van der Waals surface area contributed by atoms with Gasteiger partial charge in [-0.3, -0.25) is 4.79 Å². The minimum atomic E-state index is -4.18. The predicted octanol–water partition coefficient (Wildman–Crippen LogP) is 3.69. The number of hydrazone groups is 1. The molecule has 0 radical (unpaired) electrons. The first-order valence-corrected chi connectivity index (χ1v) is 11.2. The fourth-order valence-electron chi connectivity index (χ4n) is 3.20. The molecule has 0 bridgehead atoms. The molecule has 0 saturated heterocycles. The lowest BCUT2D eigenvalue weighted by molar-refractivity contribution is -0.121. The predicted molar refractivity (Wildman–Crippen MR) is 116 cm³/mol. The lowest BCUT2D eigenvalue weighted by Crippen LogP contribution is -2.40. The number of rotatable bonds is 5. The van der Waals surface area contributed by atoms with E-state index in [2.05, 4.69) is 10.4 Å². The molecular weight excluding hydrogens is 460 g/mol. The smallest absolute Gasteiger partial charge is 0.280 e. The van der Waals surface area contributed by atoms with Gasteiger partial charge < -0.3 is 5.32 Å². The van der Waals surface area contributed by atoms with Crippen LogP contribution in [0.5, 0.6) is 0 Å². The summed E-state index contributed by atoms with van der Waals surface area (Å²) in [5.41, 5.74) is 0.895. The van der Waals surface area contributed by atoms with Crippen molar-refractivity contribution in [3.8, 4) is 0 Å². The Hall–Kier alpha value is -3.30. The molecule has 0 spiro atoms. The van der Waals surface area contributed by atoms with Crippen LogP contribution in [-0.2, 0) is 21.4 Å². The number of hydrogen-bond acceptors (Lipinski definition) is 4. The molecule has 1 amide bonds. The second-order valence-corrected chi connectivity index (χ2v) is 9.21. The summed E-state index contributed by atoms with van der Waals surface area (Å²) in [5, 5.41) is 6.94. The molecule has 3 aromatic rings. The molecule has 1 heterocycles. The van der Waals surface area contributed by atoms with Gasteiger partial charge in [-0.05, 0) is 48.0 Å². The number of carbonyl (C=O) groups is 1. The number of halogens is 3. The highest BCUT2D eigenvalue weighted by Crippen LogP contribution is 2.31. The number of nitrogens with zero attached hydrogens (tertiary/aromatic N) is 2. The number of amides is 1. The van der Waals surface area contributed by atoms with Crippen LogP contribution in [0.2, 0.25) is 5.02 Å². The van der Waals surface area contributed by atoms with Crippen molar-refractivity contribution in [2.24, 2.45) is 5.10 Å². The molecule has 0 fully saturated rings. The largest absolute Gasteiger partial charge is 0.350 e. The maximum atomic E-state index is 14.5. The molecule has 164 valence electrons. The molecule has 0 unspecified atom stereocenters. The van der Waals surface area contributed by atoms with E-state index >= 15 is 0 Å². The van der Waals surface area contributed by atoms with Crippen molar-refractivity contribution >= 4 is 33.2 Å². The molecule has 0 saturated carbocycles. The number of benzene rings is 3. The van der Waals surface area contributed by atoms with E-state index in [1.807, 2.05) is 0 Å². The second-order valence-electron chi connectivity index (χ2n) is 6.96. The van der Waals surface area contributed by atoms with Crippen molar-refractivity contribution in [3.63, 3.8) is 0 Å². The Morgan fingerprint density at radius 1 is 1.00 bits per heavy atom. The maximum Gasteiger partial charge on any atom is 0.280 e. The third-order valence-corrected chi connectivity index (χ3v) is 6.69. The van der Waals surface area contributed by atoms with Crippen LogP contribution in [-0.4, -0.2) is 31.0 Å². The van der Waals surface area contributed by atoms with Crippen LogP contribution in [0.15, 0.2) is 76.7 Å². The van der Waals surface area contributed by atoms with Crippen molar-refractivity contribution in [1.29, 1.82) is 0 Å². The summed E-state index contributed by atoms with van der Waals surface area (Å²) >= 11 is 6.05. The van der Waals surface area contributed by atoms with Gasteiger partial charge in [0.2, 0.25) is 5.91 Å². The Morgan fingerprint density at radius 2 is 1.72 bits per heavy atom. The zero-order valence-corrected chi connectivity index (χ0v) is 18.0. The van der Waals surface area contributed by atoms with Gasteiger partial charge in [0, 0.05) is 22.7 Å². The summed E-state index contributed by atoms with van der Waals surface area (Å²) in [6.07, 6.45) is 0. The van der Waals surface area contributed by atoms with E-state index in [1.54, 1.807) is 6.07 Å². The molecule has 1 aliphatic rings. The quantitative estimate of drug-likeness (QED) is 0.611. The molecule has 0 aromatic heterocycles. The standard InChI is InChI=1S/C22H16ClF2N3O3S/c23-15-7-10-20-18(11-15)22(17-3-1-2-4-19(17)25)27-28(32(20,30)31)13-21(29)26-12-14-5-8-16(24)9-6-14/h1-11H,12-13H2,(H,26,29). The topological polar surface area (TPSA) is 78.8 Å². The van der Waals surface area contributed by atoms with Crippen molar-refractivity contribution in [1.82, 2.24) is 9.73 Å². The van der Waals surface area contributed by atoms with E-state index in [1.165, 1.54) is 60.7 Å². The van der Waals surface area contributed by atoms with Crippen molar-refractivity contribution < 1.29 is 22.0 Å². The number of sulfonamides is 1. The van der Waals surface area contributed by atoms with Gasteiger partial charge in [0.05, 0.1) is 4.90 Å². The van der Waals surface area contributed by atoms with Crippen LogP contribution < -0.4 is 5.32 Å². The van der Waals surface area contributed by atoms with Crippen LogP contribution in [0, 0.1) is 11.6 Å². The van der Waals surface area contributed by atoms with Crippen LogP contribution in [0.4, 0.5) is 8.78 Å². The van der Waals surface area contributed by atoms with Crippen molar-refractivity contribution in [3.05, 3.63) is 100 Å². The Balaban J connectivity index is 1.66. The van der Waals surface area contributed by atoms with Crippen LogP contribution >= 0.6 is 11.6 Å². The summed E-state index contributed by atoms with van der Waals surface area (Å²) in [6.45, 7) is -0.549. The van der Waals surface area contributed by atoms with Crippen LogP contribution in [0.1, 0.15) is 16.7 Å². The lowest BCUT2D eigenvalue weighted by Gasteiger charge is -2.27. The molecular formula is C22H16ClF2N3O3S. The summed E-state index contributed by atoms with van der Waals surface area (Å²) in [7, 11) is -4.18. The molecule has 10 heteroatoms. The van der Waals surface area contributed by atoms with Gasteiger partial charge in [-0.1, -0.05) is 35.9 Å². The molecule has 0 atom stereocenters. The summed E-state index contributed by atoms with van der Waals surface area (Å²) in [5.74, 6) is -1.64.